The molecule has 0 spiro atoms. The maximum Gasteiger partial charge on any atom is 0.233 e. The fourth-order valence-corrected chi connectivity index (χ4v) is 3.74. The fourth-order valence-electron chi connectivity index (χ4n) is 3.74. The first kappa shape index (κ1) is 18.4. The van der Waals surface area contributed by atoms with Gasteiger partial charge in [0.05, 0.1) is 49.2 Å². The summed E-state index contributed by atoms with van der Waals surface area (Å²) in [7, 11) is 0. The average molecular weight is 383 g/mol. The Labute approximate surface area is 154 Å². The number of carbonyl (C=O) groups excluding carboxylic acids is 1. The standard InChI is InChI=1S/C15H23F2N9O/c1-7-21-6-22-26(7)12-9(17)3-19-4-10(12)23-15(27)11-13(18)24-25-5-8(16)2-20-14(11)25/h3-4,7-8,11,13-14,20-22,24H,2,5-6,18H2,1H3,(H,23,27). The third-order valence-corrected chi connectivity index (χ3v) is 5.03. The molecular formula is C15H23F2N9O. The molecule has 3 aliphatic heterocycles. The predicted octanol–water partition coefficient (Wildman–Crippen LogP) is -1.63. The van der Waals surface area contributed by atoms with E-state index in [2.05, 4.69) is 31.8 Å². The van der Waals surface area contributed by atoms with Gasteiger partial charge in [-0.1, -0.05) is 0 Å². The second-order valence-electron chi connectivity index (χ2n) is 6.88. The summed E-state index contributed by atoms with van der Waals surface area (Å²) >= 11 is 0. The summed E-state index contributed by atoms with van der Waals surface area (Å²) in [4.78, 5) is 16.8. The Bertz CT molecular complexity index is 723. The minimum absolute atomic E-state index is 0.142. The Morgan fingerprint density at radius 1 is 1.41 bits per heavy atom. The van der Waals surface area contributed by atoms with E-state index >= 15 is 0 Å². The molecule has 3 saturated heterocycles. The minimum Gasteiger partial charge on any atom is -0.322 e. The first-order chi connectivity index (χ1) is 13.0. The highest BCUT2D eigenvalue weighted by Crippen LogP contribution is 2.31. The van der Waals surface area contributed by atoms with Crippen molar-refractivity contribution in [2.24, 2.45) is 11.7 Å². The number of alkyl halides is 1. The van der Waals surface area contributed by atoms with Crippen LogP contribution in [0, 0.1) is 11.7 Å². The van der Waals surface area contributed by atoms with E-state index in [0.717, 1.165) is 6.20 Å². The van der Waals surface area contributed by atoms with Crippen LogP contribution >= 0.6 is 0 Å². The van der Waals surface area contributed by atoms with Crippen molar-refractivity contribution in [3.63, 3.8) is 0 Å². The van der Waals surface area contributed by atoms with Gasteiger partial charge in [0, 0.05) is 13.1 Å². The summed E-state index contributed by atoms with van der Waals surface area (Å²) in [6.45, 7) is 2.62. The highest BCUT2D eigenvalue weighted by Gasteiger charge is 2.47. The predicted molar refractivity (Wildman–Crippen MR) is 93.9 cm³/mol. The molecule has 3 fully saturated rings. The molecule has 3 aliphatic rings. The van der Waals surface area contributed by atoms with Gasteiger partial charge in [-0.15, -0.1) is 0 Å². The van der Waals surface area contributed by atoms with Crippen LogP contribution in [0.2, 0.25) is 0 Å². The van der Waals surface area contributed by atoms with Crippen molar-refractivity contribution in [1.82, 2.24) is 31.5 Å². The summed E-state index contributed by atoms with van der Waals surface area (Å²) in [6, 6.07) is 0. The van der Waals surface area contributed by atoms with E-state index in [4.69, 9.17) is 5.73 Å². The van der Waals surface area contributed by atoms with Crippen LogP contribution in [0.15, 0.2) is 12.4 Å². The molecule has 0 radical (unpaired) electrons. The number of aromatic nitrogens is 1. The molecule has 1 amide bonds. The third-order valence-electron chi connectivity index (χ3n) is 5.03. The quantitative estimate of drug-likeness (QED) is 0.365. The van der Waals surface area contributed by atoms with E-state index in [1.165, 1.54) is 6.20 Å². The summed E-state index contributed by atoms with van der Waals surface area (Å²) in [5.74, 6) is -1.65. The zero-order chi connectivity index (χ0) is 19.1. The van der Waals surface area contributed by atoms with Gasteiger partial charge in [0.15, 0.2) is 5.82 Å². The van der Waals surface area contributed by atoms with Crippen LogP contribution in [0.25, 0.3) is 0 Å². The Hall–Kier alpha value is -1.96. The lowest BCUT2D eigenvalue weighted by Crippen LogP contribution is -2.58. The van der Waals surface area contributed by atoms with Gasteiger partial charge in [0.2, 0.25) is 5.91 Å². The van der Waals surface area contributed by atoms with Gasteiger partial charge in [0.25, 0.3) is 0 Å². The molecule has 148 valence electrons. The molecule has 1 aromatic rings. The molecule has 5 atom stereocenters. The van der Waals surface area contributed by atoms with E-state index in [-0.39, 0.29) is 30.6 Å². The minimum atomic E-state index is -1.04. The van der Waals surface area contributed by atoms with E-state index in [0.29, 0.717) is 6.67 Å². The van der Waals surface area contributed by atoms with Crippen molar-refractivity contribution >= 4 is 17.3 Å². The number of hydrogen-bond donors (Lipinski definition) is 6. The lowest BCUT2D eigenvalue weighted by molar-refractivity contribution is -0.121. The van der Waals surface area contributed by atoms with E-state index in [9.17, 15) is 13.6 Å². The molecule has 4 heterocycles. The molecule has 10 nitrogen and oxygen atoms in total. The third kappa shape index (κ3) is 3.35. The maximum atomic E-state index is 14.5. The number of rotatable bonds is 3. The molecule has 7 N–H and O–H groups in total. The van der Waals surface area contributed by atoms with E-state index in [1.807, 2.05) is 6.92 Å². The van der Waals surface area contributed by atoms with Gasteiger partial charge in [-0.05, 0) is 6.92 Å². The Kier molecular flexibility index (Phi) is 4.92. The Balaban J connectivity index is 1.56. The SMILES string of the molecule is CC1NCNN1c1c(F)cncc1NC(=O)C1C(N)NN2CC(F)CNC12. The van der Waals surface area contributed by atoms with Crippen molar-refractivity contribution in [1.29, 1.82) is 0 Å². The van der Waals surface area contributed by atoms with Crippen LogP contribution in [-0.4, -0.2) is 60.3 Å². The molecule has 12 heteroatoms. The van der Waals surface area contributed by atoms with Crippen molar-refractivity contribution < 1.29 is 13.6 Å². The van der Waals surface area contributed by atoms with Crippen LogP contribution in [0.5, 0.6) is 0 Å². The van der Waals surface area contributed by atoms with Crippen molar-refractivity contribution in [3.05, 3.63) is 18.2 Å². The van der Waals surface area contributed by atoms with Gasteiger partial charge in [-0.2, -0.15) is 0 Å². The lowest BCUT2D eigenvalue weighted by atomic mass is 10.0. The van der Waals surface area contributed by atoms with Gasteiger partial charge in [-0.3, -0.25) is 25.4 Å². The van der Waals surface area contributed by atoms with Crippen LogP contribution in [-0.2, 0) is 4.79 Å². The topological polar surface area (TPSA) is 123 Å². The molecule has 0 aliphatic carbocycles. The summed E-state index contributed by atoms with van der Waals surface area (Å²) < 4.78 is 28.0. The molecule has 27 heavy (non-hydrogen) atoms. The largest absolute Gasteiger partial charge is 0.322 e. The number of anilines is 2. The van der Waals surface area contributed by atoms with Gasteiger partial charge >= 0.3 is 0 Å². The number of fused-ring (bicyclic) bond motifs is 1. The number of carbonyl (C=O) groups is 1. The van der Waals surface area contributed by atoms with Gasteiger partial charge < -0.3 is 11.1 Å². The second-order valence-corrected chi connectivity index (χ2v) is 6.88. The highest BCUT2D eigenvalue weighted by molar-refractivity contribution is 5.96. The number of amides is 1. The second kappa shape index (κ2) is 7.22. The number of nitrogens with two attached hydrogens (primary N) is 1. The summed E-state index contributed by atoms with van der Waals surface area (Å²) in [5, 5.41) is 12.0. The van der Waals surface area contributed by atoms with E-state index < -0.39 is 36.1 Å². The molecule has 1 aromatic heterocycles. The number of nitrogens with one attached hydrogen (secondary N) is 5. The molecule has 0 bridgehead atoms. The zero-order valence-corrected chi connectivity index (χ0v) is 14.7. The fraction of sp³-hybridized carbons (Fsp3) is 0.600. The van der Waals surface area contributed by atoms with E-state index in [1.54, 1.807) is 10.0 Å². The summed E-state index contributed by atoms with van der Waals surface area (Å²) in [5.41, 5.74) is 12.4. The van der Waals surface area contributed by atoms with Gasteiger partial charge in [0.1, 0.15) is 11.9 Å². The van der Waals surface area contributed by atoms with Crippen LogP contribution in [0.1, 0.15) is 6.92 Å². The Morgan fingerprint density at radius 2 is 2.22 bits per heavy atom. The monoisotopic (exact) mass is 383 g/mol. The number of hydrazine groups is 2. The average Bonchev–Trinajstić information content (AvgIpc) is 3.17. The number of hydrogen-bond acceptors (Lipinski definition) is 9. The number of halogens is 2. The van der Waals surface area contributed by atoms with Crippen LogP contribution < -0.4 is 37.5 Å². The first-order valence-electron chi connectivity index (χ1n) is 8.82. The zero-order valence-electron chi connectivity index (χ0n) is 14.7. The van der Waals surface area contributed by atoms with Crippen molar-refractivity contribution in [2.45, 2.75) is 31.6 Å². The smallest absolute Gasteiger partial charge is 0.233 e. The Morgan fingerprint density at radius 3 is 2.96 bits per heavy atom. The number of pyridine rings is 1. The molecule has 0 saturated carbocycles. The molecule has 4 rings (SSSR count). The molecule has 5 unspecified atom stereocenters. The van der Waals surface area contributed by atoms with Crippen LogP contribution in [0.4, 0.5) is 20.2 Å². The van der Waals surface area contributed by atoms with Crippen LogP contribution in [0.3, 0.4) is 0 Å². The molecule has 0 aromatic carbocycles. The lowest BCUT2D eigenvalue weighted by Gasteiger charge is -2.33. The molecular weight excluding hydrogens is 360 g/mol. The summed E-state index contributed by atoms with van der Waals surface area (Å²) in [6.07, 6.45) is 0.125. The highest BCUT2D eigenvalue weighted by atomic mass is 19.1. The normalized spacial score (nSPS) is 33.9. The van der Waals surface area contributed by atoms with Crippen molar-refractivity contribution in [2.75, 3.05) is 30.1 Å². The first-order valence-corrected chi connectivity index (χ1v) is 8.82. The van der Waals surface area contributed by atoms with Gasteiger partial charge in [-0.25, -0.2) is 24.6 Å². The van der Waals surface area contributed by atoms with Crippen molar-refractivity contribution in [3.8, 4) is 0 Å². The maximum absolute atomic E-state index is 14.5. The number of nitrogens with zero attached hydrogens (tertiary/aromatic N) is 3.